The molecular weight excluding hydrogens is 298 g/mol. The highest BCUT2D eigenvalue weighted by molar-refractivity contribution is 5.61. The van der Waals surface area contributed by atoms with Gasteiger partial charge in [-0.2, -0.15) is 4.98 Å². The van der Waals surface area contributed by atoms with Crippen molar-refractivity contribution in [3.63, 3.8) is 0 Å². The molecule has 3 heterocycles. The molecule has 0 amide bonds. The Morgan fingerprint density at radius 1 is 1.04 bits per heavy atom. The van der Waals surface area contributed by atoms with Crippen LogP contribution >= 0.6 is 0 Å². The van der Waals surface area contributed by atoms with E-state index < -0.39 is 0 Å². The Labute approximate surface area is 134 Å². The Hall–Kier alpha value is -2.28. The van der Waals surface area contributed by atoms with Gasteiger partial charge in [0.15, 0.2) is 0 Å². The zero-order chi connectivity index (χ0) is 15.8. The largest absolute Gasteiger partial charge is 0.497 e. The van der Waals surface area contributed by atoms with Gasteiger partial charge in [0.1, 0.15) is 11.5 Å². The van der Waals surface area contributed by atoms with Gasteiger partial charge in [-0.25, -0.2) is 0 Å². The quantitative estimate of drug-likeness (QED) is 0.852. The van der Waals surface area contributed by atoms with Crippen molar-refractivity contribution in [2.75, 3.05) is 45.4 Å². The van der Waals surface area contributed by atoms with E-state index in [1.54, 1.807) is 14.2 Å². The molecule has 0 spiro atoms. The van der Waals surface area contributed by atoms with Crippen molar-refractivity contribution >= 4 is 6.01 Å². The lowest BCUT2D eigenvalue weighted by Crippen LogP contribution is -2.22. The predicted octanol–water partition coefficient (Wildman–Crippen LogP) is 1.84. The van der Waals surface area contributed by atoms with E-state index in [4.69, 9.17) is 18.7 Å². The molecular formula is C16H19N3O4. The number of benzene rings is 1. The average Bonchev–Trinajstić information content (AvgIpc) is 3.28. The molecule has 2 aromatic rings. The van der Waals surface area contributed by atoms with Crippen LogP contribution in [-0.2, 0) is 4.74 Å². The SMILES string of the molecule is COc1cc(OC)cc(-c2noc(N3C[C@H]4COC[C@H]4C3)n2)c1. The van der Waals surface area contributed by atoms with Crippen molar-refractivity contribution in [2.24, 2.45) is 11.8 Å². The number of hydrogen-bond donors (Lipinski definition) is 0. The lowest BCUT2D eigenvalue weighted by molar-refractivity contribution is 0.177. The molecule has 4 rings (SSSR count). The van der Waals surface area contributed by atoms with Gasteiger partial charge in [-0.15, -0.1) is 0 Å². The summed E-state index contributed by atoms with van der Waals surface area (Å²) in [5, 5.41) is 4.11. The molecule has 2 aliphatic rings. The molecule has 2 aliphatic heterocycles. The van der Waals surface area contributed by atoms with Gasteiger partial charge < -0.3 is 23.6 Å². The van der Waals surface area contributed by atoms with Gasteiger partial charge >= 0.3 is 6.01 Å². The first-order valence-electron chi connectivity index (χ1n) is 7.66. The number of methoxy groups -OCH3 is 2. The molecule has 23 heavy (non-hydrogen) atoms. The summed E-state index contributed by atoms with van der Waals surface area (Å²) in [7, 11) is 3.23. The third kappa shape index (κ3) is 2.61. The Morgan fingerprint density at radius 3 is 2.30 bits per heavy atom. The zero-order valence-electron chi connectivity index (χ0n) is 13.2. The van der Waals surface area contributed by atoms with E-state index >= 15 is 0 Å². The molecule has 2 atom stereocenters. The third-order valence-corrected chi connectivity index (χ3v) is 4.54. The minimum absolute atomic E-state index is 0.533. The summed E-state index contributed by atoms with van der Waals surface area (Å²) < 4.78 is 21.5. The molecule has 1 aromatic carbocycles. The van der Waals surface area contributed by atoms with Crippen molar-refractivity contribution in [1.29, 1.82) is 0 Å². The van der Waals surface area contributed by atoms with E-state index in [1.165, 1.54) is 0 Å². The molecule has 7 nitrogen and oxygen atoms in total. The summed E-state index contributed by atoms with van der Waals surface area (Å²) in [5.74, 6) is 3.06. The van der Waals surface area contributed by atoms with Gasteiger partial charge in [0.2, 0.25) is 5.82 Å². The maximum Gasteiger partial charge on any atom is 0.324 e. The lowest BCUT2D eigenvalue weighted by atomic mass is 10.0. The first-order chi connectivity index (χ1) is 11.3. The van der Waals surface area contributed by atoms with Crippen molar-refractivity contribution < 1.29 is 18.7 Å². The van der Waals surface area contributed by atoms with E-state index in [9.17, 15) is 0 Å². The Kier molecular flexibility index (Phi) is 3.57. The van der Waals surface area contributed by atoms with Crippen molar-refractivity contribution in [1.82, 2.24) is 10.1 Å². The maximum atomic E-state index is 5.50. The van der Waals surface area contributed by atoms with Crippen LogP contribution in [0.3, 0.4) is 0 Å². The average molecular weight is 317 g/mol. The van der Waals surface area contributed by atoms with Crippen LogP contribution < -0.4 is 14.4 Å². The smallest absolute Gasteiger partial charge is 0.324 e. The van der Waals surface area contributed by atoms with Crippen LogP contribution in [0, 0.1) is 11.8 Å². The molecule has 0 radical (unpaired) electrons. The van der Waals surface area contributed by atoms with E-state index in [0.717, 1.165) is 31.9 Å². The molecule has 7 heteroatoms. The molecule has 0 N–H and O–H groups in total. The summed E-state index contributed by atoms with van der Waals surface area (Å²) in [6.07, 6.45) is 0. The van der Waals surface area contributed by atoms with E-state index in [0.29, 0.717) is 35.2 Å². The van der Waals surface area contributed by atoms with Crippen LogP contribution in [0.5, 0.6) is 11.5 Å². The summed E-state index contributed by atoms with van der Waals surface area (Å²) in [6.45, 7) is 3.48. The standard InChI is InChI=1S/C16H19N3O4/c1-20-13-3-10(4-14(5-13)21-2)15-17-16(23-18-15)19-6-11-8-22-9-12(11)7-19/h3-5,11-12H,6-9H2,1-2H3/t11-,12+. The highest BCUT2D eigenvalue weighted by Gasteiger charge is 2.39. The minimum Gasteiger partial charge on any atom is -0.497 e. The van der Waals surface area contributed by atoms with Crippen LogP contribution in [0.2, 0.25) is 0 Å². The fraction of sp³-hybridized carbons (Fsp3) is 0.500. The number of fused-ring (bicyclic) bond motifs is 1. The number of aromatic nitrogens is 2. The molecule has 0 saturated carbocycles. The number of nitrogens with zero attached hydrogens (tertiary/aromatic N) is 3. The first-order valence-corrected chi connectivity index (χ1v) is 7.66. The predicted molar refractivity (Wildman–Crippen MR) is 82.9 cm³/mol. The Morgan fingerprint density at radius 2 is 1.70 bits per heavy atom. The minimum atomic E-state index is 0.533. The highest BCUT2D eigenvalue weighted by Crippen LogP contribution is 2.33. The number of anilines is 1. The van der Waals surface area contributed by atoms with Crippen LogP contribution in [0.1, 0.15) is 0 Å². The fourth-order valence-electron chi connectivity index (χ4n) is 3.24. The van der Waals surface area contributed by atoms with Crippen molar-refractivity contribution in [3.05, 3.63) is 18.2 Å². The summed E-state index contributed by atoms with van der Waals surface area (Å²) in [4.78, 5) is 6.68. The van der Waals surface area contributed by atoms with Gasteiger partial charge in [-0.1, -0.05) is 5.16 Å². The van der Waals surface area contributed by atoms with Crippen LogP contribution in [0.15, 0.2) is 22.7 Å². The number of rotatable bonds is 4. The van der Waals surface area contributed by atoms with Crippen molar-refractivity contribution in [2.45, 2.75) is 0 Å². The van der Waals surface area contributed by atoms with Crippen molar-refractivity contribution in [3.8, 4) is 22.9 Å². The molecule has 122 valence electrons. The fourth-order valence-corrected chi connectivity index (χ4v) is 3.24. The van der Waals surface area contributed by atoms with Gasteiger partial charge in [0.05, 0.1) is 27.4 Å². The molecule has 0 unspecified atom stereocenters. The Bertz CT molecular complexity index is 668. The molecule has 2 fully saturated rings. The summed E-state index contributed by atoms with van der Waals surface area (Å²) >= 11 is 0. The van der Waals surface area contributed by atoms with Gasteiger partial charge in [-0.3, -0.25) is 0 Å². The third-order valence-electron chi connectivity index (χ3n) is 4.54. The zero-order valence-corrected chi connectivity index (χ0v) is 13.2. The topological polar surface area (TPSA) is 69.9 Å². The van der Waals surface area contributed by atoms with E-state index in [-0.39, 0.29) is 0 Å². The highest BCUT2D eigenvalue weighted by atomic mass is 16.5. The second-order valence-corrected chi connectivity index (χ2v) is 5.96. The molecule has 1 aromatic heterocycles. The van der Waals surface area contributed by atoms with Gasteiger partial charge in [-0.05, 0) is 12.1 Å². The number of hydrogen-bond acceptors (Lipinski definition) is 7. The van der Waals surface area contributed by atoms with Gasteiger partial charge in [0.25, 0.3) is 0 Å². The monoisotopic (exact) mass is 317 g/mol. The maximum absolute atomic E-state index is 5.50. The van der Waals surface area contributed by atoms with Crippen LogP contribution in [-0.4, -0.2) is 50.7 Å². The Balaban J connectivity index is 1.58. The van der Waals surface area contributed by atoms with Gasteiger partial charge in [0, 0.05) is 36.6 Å². The molecule has 0 aliphatic carbocycles. The lowest BCUT2D eigenvalue weighted by Gasteiger charge is -2.12. The van der Waals surface area contributed by atoms with Crippen LogP contribution in [0.4, 0.5) is 6.01 Å². The van der Waals surface area contributed by atoms with E-state index in [1.807, 2.05) is 18.2 Å². The van der Waals surface area contributed by atoms with Crippen LogP contribution in [0.25, 0.3) is 11.4 Å². The first kappa shape index (κ1) is 14.3. The molecule has 0 bridgehead atoms. The molecule has 2 saturated heterocycles. The second-order valence-electron chi connectivity index (χ2n) is 5.96. The summed E-state index contributed by atoms with van der Waals surface area (Å²) in [5.41, 5.74) is 0.805. The number of ether oxygens (including phenoxy) is 3. The van der Waals surface area contributed by atoms with E-state index in [2.05, 4.69) is 15.0 Å². The normalized spacial score (nSPS) is 23.1. The second kappa shape index (κ2) is 5.73. The summed E-state index contributed by atoms with van der Waals surface area (Å²) in [6, 6.07) is 6.11.